The molecule has 0 bridgehead atoms. The molecule has 2 aromatic carbocycles. The maximum Gasteiger partial charge on any atom is 0.271 e. The Balaban J connectivity index is 1.92. The van der Waals surface area contributed by atoms with Crippen molar-refractivity contribution in [3.05, 3.63) is 58.3 Å². The number of benzene rings is 2. The van der Waals surface area contributed by atoms with E-state index < -0.39 is 22.5 Å². The van der Waals surface area contributed by atoms with Gasteiger partial charge in [-0.05, 0) is 24.3 Å². The fourth-order valence-electron chi connectivity index (χ4n) is 2.84. The van der Waals surface area contributed by atoms with E-state index in [-0.39, 0.29) is 17.1 Å². The van der Waals surface area contributed by atoms with Crippen LogP contribution in [0.3, 0.4) is 0 Å². The number of methoxy groups -OCH3 is 1. The van der Waals surface area contributed by atoms with E-state index in [4.69, 9.17) is 4.74 Å². The predicted molar refractivity (Wildman–Crippen MR) is 102 cm³/mol. The van der Waals surface area contributed by atoms with E-state index in [1.807, 2.05) is 0 Å². The van der Waals surface area contributed by atoms with Crippen molar-refractivity contribution in [2.75, 3.05) is 12.4 Å². The van der Waals surface area contributed by atoms with Crippen molar-refractivity contribution in [1.82, 2.24) is 9.78 Å². The normalized spacial score (nSPS) is 11.5. The maximum absolute atomic E-state index is 12.9. The Morgan fingerprint density at radius 2 is 2.07 bits per heavy atom. The van der Waals surface area contributed by atoms with Crippen LogP contribution in [0.4, 0.5) is 11.4 Å². The minimum absolute atomic E-state index is 0.0397. The van der Waals surface area contributed by atoms with Crippen molar-refractivity contribution in [2.45, 2.75) is 0 Å². The standard InChI is InChI=1S/C19H15N5O5/c1-23-16-7-6-13(29-2)9-14(16)17(22-23)18(25)15(10-20)19(26)21-11-4-3-5-12(8-11)24(27)28/h3-9,15H,1-2H3,(H,21,26). The number of anilines is 1. The number of hydrogen-bond acceptors (Lipinski definition) is 7. The molecule has 0 radical (unpaired) electrons. The fourth-order valence-corrected chi connectivity index (χ4v) is 2.84. The zero-order valence-corrected chi connectivity index (χ0v) is 15.4. The average Bonchev–Trinajstić information content (AvgIpc) is 3.04. The zero-order valence-electron chi connectivity index (χ0n) is 15.4. The van der Waals surface area contributed by atoms with E-state index in [1.165, 1.54) is 30.0 Å². The molecule has 1 atom stereocenters. The Morgan fingerprint density at radius 3 is 2.72 bits per heavy atom. The second-order valence-electron chi connectivity index (χ2n) is 6.08. The second-order valence-corrected chi connectivity index (χ2v) is 6.08. The monoisotopic (exact) mass is 393 g/mol. The van der Waals surface area contributed by atoms with Crippen LogP contribution in [0, 0.1) is 27.4 Å². The summed E-state index contributed by atoms with van der Waals surface area (Å²) in [4.78, 5) is 35.7. The predicted octanol–water partition coefficient (Wildman–Crippen LogP) is 2.45. The summed E-state index contributed by atoms with van der Waals surface area (Å²) in [7, 11) is 3.11. The minimum Gasteiger partial charge on any atom is -0.497 e. The van der Waals surface area contributed by atoms with Gasteiger partial charge in [0, 0.05) is 30.3 Å². The second kappa shape index (κ2) is 7.77. The van der Waals surface area contributed by atoms with Gasteiger partial charge in [0.25, 0.3) is 5.69 Å². The Hall–Kier alpha value is -4.26. The molecule has 3 aromatic rings. The molecule has 10 heteroatoms. The van der Waals surface area contributed by atoms with Gasteiger partial charge in [-0.1, -0.05) is 6.07 Å². The van der Waals surface area contributed by atoms with E-state index in [1.54, 1.807) is 31.3 Å². The number of hydrogen-bond donors (Lipinski definition) is 1. The van der Waals surface area contributed by atoms with Gasteiger partial charge in [-0.3, -0.25) is 24.4 Å². The van der Waals surface area contributed by atoms with Crippen LogP contribution in [0.5, 0.6) is 5.75 Å². The van der Waals surface area contributed by atoms with Crippen LogP contribution >= 0.6 is 0 Å². The van der Waals surface area contributed by atoms with E-state index in [9.17, 15) is 25.0 Å². The van der Waals surface area contributed by atoms with Crippen molar-refractivity contribution in [3.8, 4) is 11.8 Å². The number of carbonyl (C=O) groups excluding carboxylic acids is 2. The summed E-state index contributed by atoms with van der Waals surface area (Å²) < 4.78 is 6.63. The first-order chi connectivity index (χ1) is 13.8. The summed E-state index contributed by atoms with van der Waals surface area (Å²) in [6.07, 6.45) is 0. The molecular formula is C19H15N5O5. The van der Waals surface area contributed by atoms with Gasteiger partial charge in [-0.2, -0.15) is 10.4 Å². The highest BCUT2D eigenvalue weighted by Crippen LogP contribution is 2.26. The number of amides is 1. The molecule has 0 aliphatic carbocycles. The summed E-state index contributed by atoms with van der Waals surface area (Å²) in [5.41, 5.74) is 0.460. The summed E-state index contributed by atoms with van der Waals surface area (Å²) in [6, 6.07) is 11.9. The summed E-state index contributed by atoms with van der Waals surface area (Å²) >= 11 is 0. The Kier molecular flexibility index (Phi) is 5.23. The first-order valence-electron chi connectivity index (χ1n) is 8.35. The van der Waals surface area contributed by atoms with Crippen LogP contribution < -0.4 is 10.1 Å². The Bertz CT molecular complexity index is 1180. The van der Waals surface area contributed by atoms with Crippen LogP contribution in [0.25, 0.3) is 10.9 Å². The van der Waals surface area contributed by atoms with Crippen LogP contribution in [-0.4, -0.2) is 33.5 Å². The van der Waals surface area contributed by atoms with Gasteiger partial charge in [0.05, 0.1) is 23.6 Å². The van der Waals surface area contributed by atoms with Gasteiger partial charge >= 0.3 is 0 Å². The smallest absolute Gasteiger partial charge is 0.271 e. The first-order valence-corrected chi connectivity index (χ1v) is 8.35. The van der Waals surface area contributed by atoms with Crippen LogP contribution in [-0.2, 0) is 11.8 Å². The highest BCUT2D eigenvalue weighted by atomic mass is 16.6. The third-order valence-electron chi connectivity index (χ3n) is 4.27. The van der Waals surface area contributed by atoms with Gasteiger partial charge in [0.2, 0.25) is 11.7 Å². The number of nitro benzene ring substituents is 1. The number of aryl methyl sites for hydroxylation is 1. The van der Waals surface area contributed by atoms with Gasteiger partial charge in [0.1, 0.15) is 11.4 Å². The number of nitro groups is 1. The number of aromatic nitrogens is 2. The molecule has 3 rings (SSSR count). The number of nitrogens with one attached hydrogen (secondary N) is 1. The van der Waals surface area contributed by atoms with Crippen LogP contribution in [0.1, 0.15) is 10.5 Å². The largest absolute Gasteiger partial charge is 0.497 e. The third kappa shape index (κ3) is 3.74. The molecule has 1 aromatic heterocycles. The number of rotatable bonds is 6. The highest BCUT2D eigenvalue weighted by Gasteiger charge is 2.31. The summed E-state index contributed by atoms with van der Waals surface area (Å²) in [5, 5.41) is 27.3. The van der Waals surface area contributed by atoms with Crippen LogP contribution in [0.15, 0.2) is 42.5 Å². The average molecular weight is 393 g/mol. The fraction of sp³-hybridized carbons (Fsp3) is 0.158. The summed E-state index contributed by atoms with van der Waals surface area (Å²) in [5.74, 6) is -2.87. The number of nitrogens with zero attached hydrogens (tertiary/aromatic N) is 4. The lowest BCUT2D eigenvalue weighted by Gasteiger charge is -2.09. The molecule has 0 aliphatic heterocycles. The molecule has 1 unspecified atom stereocenters. The molecule has 10 nitrogen and oxygen atoms in total. The van der Waals surface area contributed by atoms with E-state index in [2.05, 4.69) is 10.4 Å². The molecule has 0 aliphatic rings. The lowest BCUT2D eigenvalue weighted by molar-refractivity contribution is -0.384. The number of non-ortho nitro benzene ring substituents is 1. The van der Waals surface area contributed by atoms with E-state index >= 15 is 0 Å². The quantitative estimate of drug-likeness (QED) is 0.293. The van der Waals surface area contributed by atoms with Crippen molar-refractivity contribution >= 4 is 34.0 Å². The molecule has 146 valence electrons. The number of nitriles is 1. The van der Waals surface area contributed by atoms with Crippen molar-refractivity contribution in [1.29, 1.82) is 5.26 Å². The van der Waals surface area contributed by atoms with Crippen LogP contribution in [0.2, 0.25) is 0 Å². The number of ketones is 1. The number of fused-ring (bicyclic) bond motifs is 1. The van der Waals surface area contributed by atoms with Gasteiger partial charge in [0.15, 0.2) is 5.92 Å². The van der Waals surface area contributed by atoms with Gasteiger partial charge in [-0.25, -0.2) is 0 Å². The lowest BCUT2D eigenvalue weighted by atomic mass is 9.99. The number of carbonyl (C=O) groups is 2. The molecule has 0 saturated heterocycles. The minimum atomic E-state index is -1.68. The van der Waals surface area contributed by atoms with E-state index in [0.717, 1.165) is 6.07 Å². The van der Waals surface area contributed by atoms with Crippen molar-refractivity contribution in [3.63, 3.8) is 0 Å². The molecule has 0 spiro atoms. The molecule has 1 N–H and O–H groups in total. The molecule has 1 heterocycles. The third-order valence-corrected chi connectivity index (χ3v) is 4.27. The van der Waals surface area contributed by atoms with Crippen molar-refractivity contribution < 1.29 is 19.2 Å². The van der Waals surface area contributed by atoms with Gasteiger partial charge in [-0.15, -0.1) is 0 Å². The maximum atomic E-state index is 12.9. The highest BCUT2D eigenvalue weighted by molar-refractivity contribution is 6.18. The Labute approximate surface area is 164 Å². The molecule has 1 amide bonds. The molecule has 29 heavy (non-hydrogen) atoms. The zero-order chi connectivity index (χ0) is 21.1. The molecular weight excluding hydrogens is 378 g/mol. The number of Topliss-reactive ketones (excluding diaryl/α,β-unsaturated/α-hetero) is 1. The Morgan fingerprint density at radius 1 is 1.31 bits per heavy atom. The molecule has 0 fully saturated rings. The lowest BCUT2D eigenvalue weighted by Crippen LogP contribution is -2.29. The summed E-state index contributed by atoms with van der Waals surface area (Å²) in [6.45, 7) is 0. The van der Waals surface area contributed by atoms with Crippen molar-refractivity contribution in [2.24, 2.45) is 13.0 Å². The SMILES string of the molecule is COc1ccc2c(c1)c(C(=O)C(C#N)C(=O)Nc1cccc([N+](=O)[O-])c1)nn2C. The number of ether oxygens (including phenoxy) is 1. The topological polar surface area (TPSA) is 140 Å². The molecule has 0 saturated carbocycles. The first kappa shape index (κ1) is 19.5. The van der Waals surface area contributed by atoms with Gasteiger partial charge < -0.3 is 10.1 Å². The van der Waals surface area contributed by atoms with E-state index in [0.29, 0.717) is 16.7 Å².